The molecule has 1 aliphatic rings. The maximum atomic E-state index is 12.8. The van der Waals surface area contributed by atoms with Gasteiger partial charge in [0.2, 0.25) is 5.91 Å². The van der Waals surface area contributed by atoms with E-state index in [1.807, 2.05) is 0 Å². The molecule has 1 aromatic carbocycles. The Bertz CT molecular complexity index is 785. The first-order chi connectivity index (χ1) is 11.4. The minimum atomic E-state index is -4.51. The van der Waals surface area contributed by atoms with E-state index in [1.165, 1.54) is 6.07 Å². The zero-order valence-corrected chi connectivity index (χ0v) is 12.5. The lowest BCUT2D eigenvalue weighted by molar-refractivity contribution is -0.137. The highest BCUT2D eigenvalue weighted by molar-refractivity contribution is 6.06. The number of rotatable bonds is 2. The molecule has 24 heavy (non-hydrogen) atoms. The van der Waals surface area contributed by atoms with Gasteiger partial charge in [0.1, 0.15) is 6.04 Å². The Labute approximate surface area is 134 Å². The maximum Gasteiger partial charge on any atom is 0.416 e. The smallest absolute Gasteiger partial charge is 0.354 e. The van der Waals surface area contributed by atoms with Crippen LogP contribution in [-0.2, 0) is 11.0 Å². The molecule has 1 fully saturated rings. The van der Waals surface area contributed by atoms with Crippen molar-refractivity contribution >= 4 is 22.7 Å². The summed E-state index contributed by atoms with van der Waals surface area (Å²) in [6.45, 7) is 0.547. The molecule has 3 N–H and O–H groups in total. The summed E-state index contributed by atoms with van der Waals surface area (Å²) in [5.74, 6) is -0.973. The summed E-state index contributed by atoms with van der Waals surface area (Å²) in [5, 5.41) is 11.6. The number of hydrogen-bond acceptors (Lipinski definition) is 3. The van der Waals surface area contributed by atoms with Gasteiger partial charge in [-0.25, -0.2) is 0 Å². The van der Waals surface area contributed by atoms with Crippen molar-refractivity contribution in [1.29, 1.82) is 0 Å². The largest absolute Gasteiger partial charge is 0.416 e. The number of benzene rings is 1. The molecule has 1 saturated heterocycles. The Kier molecular flexibility index (Phi) is 4.16. The average Bonchev–Trinajstić information content (AvgIpc) is 2.85. The highest BCUT2D eigenvalue weighted by Gasteiger charge is 2.31. The molecule has 1 aliphatic heterocycles. The van der Waals surface area contributed by atoms with Crippen LogP contribution >= 0.6 is 0 Å². The van der Waals surface area contributed by atoms with Crippen LogP contribution in [0.4, 0.5) is 13.2 Å². The van der Waals surface area contributed by atoms with Crippen LogP contribution in [0.3, 0.4) is 0 Å². The number of nitrogens with zero attached hydrogens (tertiary/aromatic N) is 1. The second-order valence-corrected chi connectivity index (χ2v) is 5.64. The topological polar surface area (TPSA) is 86.9 Å². The number of halogens is 3. The van der Waals surface area contributed by atoms with E-state index < -0.39 is 23.7 Å². The van der Waals surface area contributed by atoms with Crippen molar-refractivity contribution in [1.82, 2.24) is 20.8 Å². The minimum Gasteiger partial charge on any atom is -0.354 e. The standard InChI is InChI=1S/C15H15F3N4O2/c16-15(17,18)8-4-5-10-9(7-8)12(22-21-10)14(24)20-11-3-1-2-6-19-13(11)23/h4-5,7,11H,1-3,6H2,(H,19,23)(H,20,24)(H,21,22)/t11-/m0/s1. The van der Waals surface area contributed by atoms with E-state index in [9.17, 15) is 22.8 Å². The first-order valence-electron chi connectivity index (χ1n) is 7.50. The van der Waals surface area contributed by atoms with E-state index >= 15 is 0 Å². The summed E-state index contributed by atoms with van der Waals surface area (Å²) in [6, 6.07) is 2.31. The Balaban J connectivity index is 1.88. The van der Waals surface area contributed by atoms with Gasteiger partial charge in [-0.2, -0.15) is 18.3 Å². The molecule has 6 nitrogen and oxygen atoms in total. The number of amides is 2. The number of aromatic amines is 1. The van der Waals surface area contributed by atoms with Crippen molar-refractivity contribution in [2.45, 2.75) is 31.5 Å². The second-order valence-electron chi connectivity index (χ2n) is 5.64. The summed E-state index contributed by atoms with van der Waals surface area (Å²) in [4.78, 5) is 24.2. The van der Waals surface area contributed by atoms with Gasteiger partial charge in [-0.1, -0.05) is 0 Å². The third-order valence-electron chi connectivity index (χ3n) is 3.95. The fraction of sp³-hybridized carbons (Fsp3) is 0.400. The first-order valence-corrected chi connectivity index (χ1v) is 7.50. The van der Waals surface area contributed by atoms with Crippen LogP contribution in [0.15, 0.2) is 18.2 Å². The quantitative estimate of drug-likeness (QED) is 0.781. The number of hydrogen-bond donors (Lipinski definition) is 3. The Morgan fingerprint density at radius 3 is 2.83 bits per heavy atom. The van der Waals surface area contributed by atoms with Gasteiger partial charge in [0, 0.05) is 11.9 Å². The molecular formula is C15H15F3N4O2. The molecule has 0 spiro atoms. The normalized spacial score (nSPS) is 19.0. The zero-order chi connectivity index (χ0) is 17.3. The lowest BCUT2D eigenvalue weighted by Gasteiger charge is -2.14. The summed E-state index contributed by atoms with van der Waals surface area (Å²) in [6.07, 6.45) is -2.45. The second kappa shape index (κ2) is 6.14. The van der Waals surface area contributed by atoms with Crippen molar-refractivity contribution in [3.05, 3.63) is 29.5 Å². The fourth-order valence-electron chi connectivity index (χ4n) is 2.67. The summed E-state index contributed by atoms with van der Waals surface area (Å²) < 4.78 is 38.5. The molecule has 9 heteroatoms. The predicted octanol–water partition coefficient (Wildman–Crippen LogP) is 1.98. The lowest BCUT2D eigenvalue weighted by Crippen LogP contribution is -2.45. The first kappa shape index (κ1) is 16.3. The molecule has 2 amide bonds. The maximum absolute atomic E-state index is 12.8. The lowest BCUT2D eigenvalue weighted by atomic mass is 10.1. The van der Waals surface area contributed by atoms with E-state index in [1.54, 1.807) is 0 Å². The van der Waals surface area contributed by atoms with E-state index in [2.05, 4.69) is 20.8 Å². The third-order valence-corrected chi connectivity index (χ3v) is 3.95. The predicted molar refractivity (Wildman–Crippen MR) is 79.2 cm³/mol. The molecular weight excluding hydrogens is 325 g/mol. The van der Waals surface area contributed by atoms with Crippen LogP contribution in [0, 0.1) is 0 Å². The minimum absolute atomic E-state index is 0.0661. The number of alkyl halides is 3. The highest BCUT2D eigenvalue weighted by Crippen LogP contribution is 2.31. The third kappa shape index (κ3) is 3.19. The molecule has 0 radical (unpaired) electrons. The molecule has 2 aromatic rings. The molecule has 1 aromatic heterocycles. The summed E-state index contributed by atoms with van der Waals surface area (Å²) >= 11 is 0. The van der Waals surface area contributed by atoms with Crippen LogP contribution in [-0.4, -0.2) is 34.6 Å². The van der Waals surface area contributed by atoms with E-state index in [-0.39, 0.29) is 17.0 Å². The number of carbonyl (C=O) groups excluding carboxylic acids is 2. The van der Waals surface area contributed by atoms with Crippen molar-refractivity contribution in [2.24, 2.45) is 0 Å². The van der Waals surface area contributed by atoms with Gasteiger partial charge >= 0.3 is 6.18 Å². The summed E-state index contributed by atoms with van der Waals surface area (Å²) in [5.41, 5.74) is -0.704. The van der Waals surface area contributed by atoms with Gasteiger partial charge < -0.3 is 10.6 Å². The molecule has 128 valence electrons. The van der Waals surface area contributed by atoms with Crippen LogP contribution in [0.2, 0.25) is 0 Å². The monoisotopic (exact) mass is 340 g/mol. The van der Waals surface area contributed by atoms with E-state index in [0.29, 0.717) is 18.5 Å². The van der Waals surface area contributed by atoms with Crippen LogP contribution in [0.25, 0.3) is 10.9 Å². The molecule has 0 saturated carbocycles. The molecule has 0 bridgehead atoms. The Morgan fingerprint density at radius 1 is 1.29 bits per heavy atom. The highest BCUT2D eigenvalue weighted by atomic mass is 19.4. The van der Waals surface area contributed by atoms with Crippen molar-refractivity contribution in [3.63, 3.8) is 0 Å². The number of aromatic nitrogens is 2. The molecule has 3 rings (SSSR count). The average molecular weight is 340 g/mol. The summed E-state index contributed by atoms with van der Waals surface area (Å²) in [7, 11) is 0. The van der Waals surface area contributed by atoms with Crippen molar-refractivity contribution in [3.8, 4) is 0 Å². The van der Waals surface area contributed by atoms with Crippen LogP contribution in [0.5, 0.6) is 0 Å². The number of carbonyl (C=O) groups is 2. The van der Waals surface area contributed by atoms with Crippen molar-refractivity contribution in [2.75, 3.05) is 6.54 Å². The zero-order valence-electron chi connectivity index (χ0n) is 12.5. The van der Waals surface area contributed by atoms with Crippen LogP contribution in [0.1, 0.15) is 35.3 Å². The Morgan fingerprint density at radius 2 is 2.08 bits per heavy atom. The number of nitrogens with one attached hydrogen (secondary N) is 3. The number of H-pyrrole nitrogens is 1. The number of fused-ring (bicyclic) bond motifs is 1. The molecule has 1 atom stereocenters. The Hall–Kier alpha value is -2.58. The molecule has 0 unspecified atom stereocenters. The molecule has 2 heterocycles. The van der Waals surface area contributed by atoms with Gasteiger partial charge in [-0.3, -0.25) is 14.7 Å². The fourth-order valence-corrected chi connectivity index (χ4v) is 2.67. The van der Waals surface area contributed by atoms with Gasteiger partial charge in [0.25, 0.3) is 5.91 Å². The van der Waals surface area contributed by atoms with E-state index in [0.717, 1.165) is 25.0 Å². The van der Waals surface area contributed by atoms with Crippen LogP contribution < -0.4 is 10.6 Å². The van der Waals surface area contributed by atoms with Gasteiger partial charge in [0.15, 0.2) is 5.69 Å². The van der Waals surface area contributed by atoms with E-state index in [4.69, 9.17) is 0 Å². The van der Waals surface area contributed by atoms with Gasteiger partial charge in [0.05, 0.1) is 11.1 Å². The SMILES string of the molecule is O=C(N[C@H]1CCCCNC1=O)c1n[nH]c2ccc(C(F)(F)F)cc12. The molecule has 0 aliphatic carbocycles. The van der Waals surface area contributed by atoms with Crippen molar-refractivity contribution < 1.29 is 22.8 Å². The van der Waals surface area contributed by atoms with Gasteiger partial charge in [-0.15, -0.1) is 0 Å². The van der Waals surface area contributed by atoms with Gasteiger partial charge in [-0.05, 0) is 37.5 Å².